The fourth-order valence-corrected chi connectivity index (χ4v) is 2.51. The minimum Gasteiger partial charge on any atom is -0.459 e. The summed E-state index contributed by atoms with van der Waals surface area (Å²) in [7, 11) is 0. The highest BCUT2D eigenvalue weighted by atomic mass is 16.6. The molecule has 2 rings (SSSR count). The highest BCUT2D eigenvalue weighted by molar-refractivity contribution is 5.91. The number of anilines is 1. The van der Waals surface area contributed by atoms with Gasteiger partial charge in [-0.1, -0.05) is 6.42 Å². The van der Waals surface area contributed by atoms with Gasteiger partial charge in [-0.25, -0.2) is 9.59 Å². The van der Waals surface area contributed by atoms with Gasteiger partial charge in [-0.05, 0) is 70.7 Å². The zero-order valence-corrected chi connectivity index (χ0v) is 14.1. The number of nitrogens with one attached hydrogen (secondary N) is 1. The molecule has 1 fully saturated rings. The number of amides is 1. The number of rotatable bonds is 3. The van der Waals surface area contributed by atoms with Crippen molar-refractivity contribution in [2.24, 2.45) is 0 Å². The molecule has 1 amide bonds. The van der Waals surface area contributed by atoms with Crippen LogP contribution in [0.2, 0.25) is 0 Å². The molecule has 0 saturated heterocycles. The minimum atomic E-state index is -0.548. The molecule has 0 unspecified atom stereocenters. The monoisotopic (exact) mass is 319 g/mol. The van der Waals surface area contributed by atoms with E-state index in [1.807, 2.05) is 0 Å². The van der Waals surface area contributed by atoms with Crippen molar-refractivity contribution in [3.8, 4) is 0 Å². The summed E-state index contributed by atoms with van der Waals surface area (Å²) in [5.41, 5.74) is 0.521. The second kappa shape index (κ2) is 7.49. The highest BCUT2D eigenvalue weighted by Crippen LogP contribution is 2.22. The predicted molar refractivity (Wildman–Crippen MR) is 88.6 cm³/mol. The molecule has 0 spiro atoms. The van der Waals surface area contributed by atoms with Crippen molar-refractivity contribution < 1.29 is 19.1 Å². The van der Waals surface area contributed by atoms with Crippen molar-refractivity contribution in [3.63, 3.8) is 0 Å². The smallest absolute Gasteiger partial charge is 0.412 e. The summed E-state index contributed by atoms with van der Waals surface area (Å²) in [6, 6.07) is 6.64. The van der Waals surface area contributed by atoms with Crippen molar-refractivity contribution in [3.05, 3.63) is 29.8 Å². The van der Waals surface area contributed by atoms with Crippen molar-refractivity contribution >= 4 is 17.7 Å². The molecule has 1 aromatic carbocycles. The van der Waals surface area contributed by atoms with E-state index in [1.165, 1.54) is 6.42 Å². The number of ether oxygens (including phenoxy) is 2. The average Bonchev–Trinajstić information content (AvgIpc) is 2.47. The molecule has 5 heteroatoms. The van der Waals surface area contributed by atoms with Crippen LogP contribution in [0.5, 0.6) is 0 Å². The van der Waals surface area contributed by atoms with E-state index >= 15 is 0 Å². The second-order valence-electron chi connectivity index (χ2n) is 6.87. The molecular weight excluding hydrogens is 294 g/mol. The molecule has 1 aromatic rings. The topological polar surface area (TPSA) is 64.6 Å². The molecule has 1 aliphatic carbocycles. The van der Waals surface area contributed by atoms with Crippen LogP contribution < -0.4 is 5.32 Å². The molecule has 1 saturated carbocycles. The van der Waals surface area contributed by atoms with Crippen molar-refractivity contribution in [1.82, 2.24) is 0 Å². The fraction of sp³-hybridized carbons (Fsp3) is 0.556. The molecule has 1 N–H and O–H groups in total. The normalized spacial score (nSPS) is 15.8. The Bertz CT molecular complexity index is 539. The van der Waals surface area contributed by atoms with Crippen molar-refractivity contribution in [2.45, 2.75) is 64.6 Å². The van der Waals surface area contributed by atoms with E-state index < -0.39 is 11.7 Å². The molecule has 126 valence electrons. The fourth-order valence-electron chi connectivity index (χ4n) is 2.51. The molecule has 5 nitrogen and oxygen atoms in total. The third-order valence-electron chi connectivity index (χ3n) is 3.59. The summed E-state index contributed by atoms with van der Waals surface area (Å²) in [6.45, 7) is 5.41. The van der Waals surface area contributed by atoms with Crippen LogP contribution in [0.3, 0.4) is 0 Å². The van der Waals surface area contributed by atoms with Gasteiger partial charge in [0.05, 0.1) is 5.56 Å². The quantitative estimate of drug-likeness (QED) is 0.832. The third kappa shape index (κ3) is 5.93. The summed E-state index contributed by atoms with van der Waals surface area (Å²) >= 11 is 0. The molecule has 1 aliphatic rings. The Labute approximate surface area is 137 Å². The van der Waals surface area contributed by atoms with E-state index in [1.54, 1.807) is 45.0 Å². The average molecular weight is 319 g/mol. The SMILES string of the molecule is CC(C)(C)OC(=O)Nc1ccc(C(=O)OC2CCCCC2)cc1. The lowest BCUT2D eigenvalue weighted by Gasteiger charge is -2.22. The Morgan fingerprint density at radius 3 is 2.22 bits per heavy atom. The Hall–Kier alpha value is -2.04. The Morgan fingerprint density at radius 1 is 1.04 bits per heavy atom. The van der Waals surface area contributed by atoms with Gasteiger partial charge >= 0.3 is 12.1 Å². The standard InChI is InChI=1S/C18H25NO4/c1-18(2,3)23-17(21)19-14-11-9-13(10-12-14)16(20)22-15-7-5-4-6-8-15/h9-12,15H,4-8H2,1-3H3,(H,19,21). The van der Waals surface area contributed by atoms with Gasteiger partial charge in [0.1, 0.15) is 11.7 Å². The summed E-state index contributed by atoms with van der Waals surface area (Å²) in [5.74, 6) is -0.305. The second-order valence-corrected chi connectivity index (χ2v) is 6.87. The summed E-state index contributed by atoms with van der Waals surface area (Å²) < 4.78 is 10.7. The van der Waals surface area contributed by atoms with E-state index in [4.69, 9.17) is 9.47 Å². The van der Waals surface area contributed by atoms with Crippen molar-refractivity contribution in [1.29, 1.82) is 0 Å². The molecule has 0 atom stereocenters. The van der Waals surface area contributed by atoms with Gasteiger partial charge in [-0.15, -0.1) is 0 Å². The van der Waals surface area contributed by atoms with Crippen LogP contribution in [0.4, 0.5) is 10.5 Å². The van der Waals surface area contributed by atoms with Gasteiger partial charge in [0.15, 0.2) is 0 Å². The third-order valence-corrected chi connectivity index (χ3v) is 3.59. The Kier molecular flexibility index (Phi) is 5.64. The molecular formula is C18H25NO4. The Balaban J connectivity index is 1.88. The van der Waals surface area contributed by atoms with Gasteiger partial charge in [0, 0.05) is 5.69 Å². The van der Waals surface area contributed by atoms with Gasteiger partial charge in [-0.2, -0.15) is 0 Å². The largest absolute Gasteiger partial charge is 0.459 e. The molecule has 0 aromatic heterocycles. The maximum atomic E-state index is 12.1. The molecule has 23 heavy (non-hydrogen) atoms. The van der Waals surface area contributed by atoms with E-state index in [-0.39, 0.29) is 12.1 Å². The minimum absolute atomic E-state index is 0.0378. The highest BCUT2D eigenvalue weighted by Gasteiger charge is 2.19. The number of carbonyl (C=O) groups is 2. The van der Waals surface area contributed by atoms with Crippen LogP contribution in [0.1, 0.15) is 63.2 Å². The molecule has 0 aliphatic heterocycles. The number of benzene rings is 1. The zero-order chi connectivity index (χ0) is 16.9. The molecule has 0 radical (unpaired) electrons. The van der Waals surface area contributed by atoms with E-state index in [2.05, 4.69) is 5.32 Å². The number of esters is 1. The first-order valence-electron chi connectivity index (χ1n) is 8.14. The van der Waals surface area contributed by atoms with Crippen molar-refractivity contribution in [2.75, 3.05) is 5.32 Å². The predicted octanol–water partition coefficient (Wildman–Crippen LogP) is 4.52. The van der Waals surface area contributed by atoms with Crippen LogP contribution in [-0.4, -0.2) is 23.8 Å². The van der Waals surface area contributed by atoms with E-state index in [0.29, 0.717) is 11.3 Å². The van der Waals surface area contributed by atoms with Crippen LogP contribution in [0.25, 0.3) is 0 Å². The Morgan fingerprint density at radius 2 is 1.65 bits per heavy atom. The van der Waals surface area contributed by atoms with Gasteiger partial charge < -0.3 is 9.47 Å². The first-order valence-corrected chi connectivity index (χ1v) is 8.14. The first kappa shape index (κ1) is 17.3. The lowest BCUT2D eigenvalue weighted by atomic mass is 9.98. The van der Waals surface area contributed by atoms with Crippen LogP contribution in [-0.2, 0) is 9.47 Å². The molecule has 0 bridgehead atoms. The summed E-state index contributed by atoms with van der Waals surface area (Å²) in [4.78, 5) is 23.8. The lowest BCUT2D eigenvalue weighted by Crippen LogP contribution is -2.27. The lowest BCUT2D eigenvalue weighted by molar-refractivity contribution is 0.0211. The van der Waals surface area contributed by atoms with Gasteiger partial charge in [-0.3, -0.25) is 5.32 Å². The maximum absolute atomic E-state index is 12.1. The number of hydrogen-bond donors (Lipinski definition) is 1. The summed E-state index contributed by atoms with van der Waals surface area (Å²) in [6.07, 6.45) is 4.88. The van der Waals surface area contributed by atoms with E-state index in [0.717, 1.165) is 25.7 Å². The van der Waals surface area contributed by atoms with E-state index in [9.17, 15) is 9.59 Å². The van der Waals surface area contributed by atoms with Gasteiger partial charge in [0.2, 0.25) is 0 Å². The molecule has 0 heterocycles. The maximum Gasteiger partial charge on any atom is 0.412 e. The van der Waals surface area contributed by atoms with Crippen LogP contribution in [0, 0.1) is 0 Å². The summed E-state index contributed by atoms with van der Waals surface area (Å²) in [5, 5.41) is 2.63. The van der Waals surface area contributed by atoms with Crippen LogP contribution >= 0.6 is 0 Å². The first-order chi connectivity index (χ1) is 10.8. The zero-order valence-electron chi connectivity index (χ0n) is 14.1. The van der Waals surface area contributed by atoms with Crippen LogP contribution in [0.15, 0.2) is 24.3 Å². The van der Waals surface area contributed by atoms with Gasteiger partial charge in [0.25, 0.3) is 0 Å². The number of hydrogen-bond acceptors (Lipinski definition) is 4. The number of carbonyl (C=O) groups excluding carboxylic acids is 2.